The fourth-order valence-corrected chi connectivity index (χ4v) is 3.55. The first-order chi connectivity index (χ1) is 17.4. The Morgan fingerprint density at radius 1 is 1.14 bits per heavy atom. The van der Waals surface area contributed by atoms with E-state index in [-0.39, 0.29) is 29.6 Å². The number of amides is 1. The molecule has 2 aromatic heterocycles. The molecule has 0 saturated carbocycles. The van der Waals surface area contributed by atoms with Gasteiger partial charge in [0.25, 0.3) is 5.91 Å². The van der Waals surface area contributed by atoms with Gasteiger partial charge in [0, 0.05) is 12.1 Å². The Hall–Kier alpha value is -4.35. The second-order valence-electron chi connectivity index (χ2n) is 9.17. The second kappa shape index (κ2) is 9.96. The first kappa shape index (κ1) is 25.7. The van der Waals surface area contributed by atoms with Crippen LogP contribution in [0.2, 0.25) is 0 Å². The van der Waals surface area contributed by atoms with Gasteiger partial charge in [-0.15, -0.1) is 0 Å². The van der Waals surface area contributed by atoms with Gasteiger partial charge >= 0.3 is 12.3 Å². The number of carbonyl (C=O) groups excluding carboxylic acids is 1. The number of hydrogen-bond acceptors (Lipinski definition) is 7. The standard InChI is InChI=1S/C25H24F3N5O4/c1-24(2,3)33-20(19(14-30-33)36-18-6-4-5-17(13-18)25(26,27)28)22(34)29-12-11-15-7-9-16(10-8-15)21-31-23(35)37-32-21/h4-10,13-14H,11-12H2,1-3H3,(H,29,34)(H,31,32,35). The molecule has 4 rings (SSSR count). The summed E-state index contributed by atoms with van der Waals surface area (Å²) in [7, 11) is 0. The smallest absolute Gasteiger partial charge is 0.416 e. The van der Waals surface area contributed by atoms with Gasteiger partial charge < -0.3 is 15.2 Å². The minimum absolute atomic E-state index is 0.0412. The van der Waals surface area contributed by atoms with E-state index in [4.69, 9.17) is 4.74 Å². The predicted molar refractivity (Wildman–Crippen MR) is 126 cm³/mol. The van der Waals surface area contributed by atoms with Crippen molar-refractivity contribution in [1.82, 2.24) is 25.2 Å². The van der Waals surface area contributed by atoms with Crippen molar-refractivity contribution in [2.24, 2.45) is 0 Å². The maximum Gasteiger partial charge on any atom is 0.416 e. The number of halogens is 3. The third-order valence-electron chi connectivity index (χ3n) is 5.30. The van der Waals surface area contributed by atoms with Crippen LogP contribution in [0.25, 0.3) is 11.4 Å². The number of aromatic hydroxyl groups is 1. The molecule has 2 aromatic carbocycles. The maximum atomic E-state index is 13.2. The molecule has 2 N–H and O–H groups in total. The molecule has 1 amide bonds. The summed E-state index contributed by atoms with van der Waals surface area (Å²) in [6, 6.07) is 11.6. The highest BCUT2D eigenvalue weighted by atomic mass is 19.4. The van der Waals surface area contributed by atoms with Crippen molar-refractivity contribution in [1.29, 1.82) is 0 Å². The lowest BCUT2D eigenvalue weighted by molar-refractivity contribution is -0.137. The highest BCUT2D eigenvalue weighted by Crippen LogP contribution is 2.34. The first-order valence-corrected chi connectivity index (χ1v) is 11.3. The van der Waals surface area contributed by atoms with Crippen molar-refractivity contribution in [3.8, 4) is 29.0 Å². The average Bonchev–Trinajstić information content (AvgIpc) is 3.45. The van der Waals surface area contributed by atoms with Crippen molar-refractivity contribution in [3.63, 3.8) is 0 Å². The molecule has 0 atom stereocenters. The summed E-state index contributed by atoms with van der Waals surface area (Å²) < 4.78 is 51.0. The average molecular weight is 515 g/mol. The summed E-state index contributed by atoms with van der Waals surface area (Å²) in [6.07, 6.45) is -3.24. The molecule has 0 aliphatic rings. The largest absolute Gasteiger partial charge is 0.464 e. The second-order valence-corrected chi connectivity index (χ2v) is 9.17. The highest BCUT2D eigenvalue weighted by Gasteiger charge is 2.31. The molecule has 9 nitrogen and oxygen atoms in total. The third-order valence-corrected chi connectivity index (χ3v) is 5.30. The summed E-state index contributed by atoms with van der Waals surface area (Å²) in [6.45, 7) is 5.81. The van der Waals surface area contributed by atoms with Crippen LogP contribution in [0.4, 0.5) is 13.2 Å². The fraction of sp³-hybridized carbons (Fsp3) is 0.280. The quantitative estimate of drug-likeness (QED) is 0.349. The van der Waals surface area contributed by atoms with Crippen LogP contribution in [0.15, 0.2) is 59.3 Å². The Balaban J connectivity index is 1.47. The summed E-state index contributed by atoms with van der Waals surface area (Å²) in [4.78, 5) is 16.9. The van der Waals surface area contributed by atoms with Gasteiger partial charge in [0.15, 0.2) is 11.4 Å². The molecule has 0 unspecified atom stereocenters. The number of aromatic nitrogens is 4. The summed E-state index contributed by atoms with van der Waals surface area (Å²) in [5, 5.41) is 19.9. The molecule has 0 fully saturated rings. The summed E-state index contributed by atoms with van der Waals surface area (Å²) in [5.74, 6) is -0.249. The van der Waals surface area contributed by atoms with E-state index >= 15 is 0 Å². The van der Waals surface area contributed by atoms with Crippen molar-refractivity contribution in [3.05, 3.63) is 71.5 Å². The van der Waals surface area contributed by atoms with Gasteiger partial charge in [0.2, 0.25) is 5.82 Å². The predicted octanol–water partition coefficient (Wildman–Crippen LogP) is 5.18. The van der Waals surface area contributed by atoms with Crippen LogP contribution in [0.1, 0.15) is 42.4 Å². The van der Waals surface area contributed by atoms with Gasteiger partial charge in [-0.1, -0.05) is 35.5 Å². The van der Waals surface area contributed by atoms with Gasteiger partial charge in [0.05, 0.1) is 17.3 Å². The Morgan fingerprint density at radius 3 is 2.49 bits per heavy atom. The Labute approximate surface area is 209 Å². The number of carbonyl (C=O) groups is 1. The van der Waals surface area contributed by atoms with Crippen LogP contribution in [-0.2, 0) is 18.1 Å². The molecule has 4 aromatic rings. The SMILES string of the molecule is CC(C)(C)n1ncc(Oc2cccc(C(F)(F)F)c2)c1C(=O)NCCc1ccc(-c2noc(O)n2)cc1. The molecule has 2 heterocycles. The molecule has 0 spiro atoms. The lowest BCUT2D eigenvalue weighted by atomic mass is 10.1. The lowest BCUT2D eigenvalue weighted by Gasteiger charge is -2.22. The van der Waals surface area contributed by atoms with Crippen LogP contribution in [0.5, 0.6) is 17.6 Å². The topological polar surface area (TPSA) is 115 Å². The van der Waals surface area contributed by atoms with Crippen molar-refractivity contribution >= 4 is 5.91 Å². The lowest BCUT2D eigenvalue weighted by Crippen LogP contribution is -2.33. The highest BCUT2D eigenvalue weighted by molar-refractivity contribution is 5.95. The van der Waals surface area contributed by atoms with Gasteiger partial charge in [-0.2, -0.15) is 23.3 Å². The van der Waals surface area contributed by atoms with E-state index in [0.717, 1.165) is 17.7 Å². The number of hydrogen-bond donors (Lipinski definition) is 2. The van der Waals surface area contributed by atoms with Crippen LogP contribution >= 0.6 is 0 Å². The third kappa shape index (κ3) is 6.08. The molecule has 0 bridgehead atoms. The zero-order valence-electron chi connectivity index (χ0n) is 20.2. The molecule has 0 aliphatic heterocycles. The van der Waals surface area contributed by atoms with Gasteiger partial charge in [-0.25, -0.2) is 0 Å². The molecule has 0 radical (unpaired) electrons. The van der Waals surface area contributed by atoms with Gasteiger partial charge in [0.1, 0.15) is 5.75 Å². The Morgan fingerprint density at radius 2 is 1.86 bits per heavy atom. The Kier molecular flexibility index (Phi) is 6.92. The summed E-state index contributed by atoms with van der Waals surface area (Å²) in [5.41, 5.74) is 0.212. The number of alkyl halides is 3. The Bertz CT molecular complexity index is 1390. The molecule has 0 saturated heterocycles. The van der Waals surface area contributed by atoms with Crippen LogP contribution < -0.4 is 10.1 Å². The van der Waals surface area contributed by atoms with Crippen molar-refractivity contribution in [2.45, 2.75) is 38.9 Å². The van der Waals surface area contributed by atoms with E-state index in [1.165, 1.54) is 23.0 Å². The molecular formula is C25H24F3N5O4. The van der Waals surface area contributed by atoms with E-state index in [0.29, 0.717) is 12.0 Å². The maximum absolute atomic E-state index is 13.2. The molecular weight excluding hydrogens is 491 g/mol. The number of nitrogens with zero attached hydrogens (tertiary/aromatic N) is 4. The number of nitrogens with one attached hydrogen (secondary N) is 1. The van der Waals surface area contributed by atoms with Crippen molar-refractivity contribution in [2.75, 3.05) is 6.54 Å². The first-order valence-electron chi connectivity index (χ1n) is 11.3. The van der Waals surface area contributed by atoms with Gasteiger partial charge in [-0.3, -0.25) is 14.0 Å². The van der Waals surface area contributed by atoms with E-state index in [2.05, 4.69) is 25.1 Å². The van der Waals surface area contributed by atoms with Gasteiger partial charge in [-0.05, 0) is 51.0 Å². The molecule has 194 valence electrons. The number of ether oxygens (including phenoxy) is 1. The minimum atomic E-state index is -4.53. The van der Waals surface area contributed by atoms with Crippen molar-refractivity contribution < 1.29 is 32.3 Å². The monoisotopic (exact) mass is 515 g/mol. The fourth-order valence-electron chi connectivity index (χ4n) is 3.55. The minimum Gasteiger partial charge on any atom is -0.464 e. The van der Waals surface area contributed by atoms with Crippen LogP contribution in [-0.4, -0.2) is 37.5 Å². The van der Waals surface area contributed by atoms with Crippen LogP contribution in [0, 0.1) is 0 Å². The van der Waals surface area contributed by atoms with E-state index < -0.39 is 29.3 Å². The van der Waals surface area contributed by atoms with Crippen LogP contribution in [0.3, 0.4) is 0 Å². The zero-order chi connectivity index (χ0) is 26.8. The number of rotatable bonds is 7. The van der Waals surface area contributed by atoms with E-state index in [1.54, 1.807) is 12.1 Å². The number of benzene rings is 2. The van der Waals surface area contributed by atoms with E-state index in [9.17, 15) is 23.1 Å². The zero-order valence-corrected chi connectivity index (χ0v) is 20.2. The molecule has 37 heavy (non-hydrogen) atoms. The molecule has 0 aliphatic carbocycles. The summed E-state index contributed by atoms with van der Waals surface area (Å²) >= 11 is 0. The van der Waals surface area contributed by atoms with E-state index in [1.807, 2.05) is 32.9 Å². The normalized spacial score (nSPS) is 11.9. The molecule has 12 heteroatoms.